The Morgan fingerprint density at radius 1 is 1.78 bits per heavy atom. The molecule has 0 saturated carbocycles. The molecule has 0 saturated heterocycles. The summed E-state index contributed by atoms with van der Waals surface area (Å²) in [5.41, 5.74) is 0. The van der Waals surface area contributed by atoms with Crippen molar-refractivity contribution in [3.05, 3.63) is 22.4 Å². The van der Waals surface area contributed by atoms with Crippen molar-refractivity contribution in [2.75, 3.05) is 7.11 Å². The molecule has 0 aliphatic heterocycles. The van der Waals surface area contributed by atoms with Gasteiger partial charge < -0.3 is 4.84 Å². The summed E-state index contributed by atoms with van der Waals surface area (Å²) < 4.78 is 0. The van der Waals surface area contributed by atoms with Crippen LogP contribution in [0.5, 0.6) is 0 Å². The summed E-state index contributed by atoms with van der Waals surface area (Å²) in [7, 11) is 1.50. The Labute approximate surface area is 57.8 Å². The second kappa shape index (κ2) is 3.25. The van der Waals surface area contributed by atoms with Crippen molar-refractivity contribution < 1.29 is 4.84 Å². The van der Waals surface area contributed by atoms with Crippen LogP contribution in [0.25, 0.3) is 0 Å². The monoisotopic (exact) mass is 140 g/mol. The topological polar surface area (TPSA) is 21.6 Å². The van der Waals surface area contributed by atoms with E-state index in [0.29, 0.717) is 0 Å². The van der Waals surface area contributed by atoms with Crippen molar-refractivity contribution in [2.24, 2.45) is 5.16 Å². The van der Waals surface area contributed by atoms with E-state index in [1.165, 1.54) is 7.11 Å². The van der Waals surface area contributed by atoms with Crippen LogP contribution < -0.4 is 0 Å². The third kappa shape index (κ3) is 1.85. The molecular formula is C6H6NOS. The molecule has 9 heavy (non-hydrogen) atoms. The summed E-state index contributed by atoms with van der Waals surface area (Å²) in [6, 6.07) is 3.87. The first kappa shape index (κ1) is 6.29. The summed E-state index contributed by atoms with van der Waals surface area (Å²) in [5, 5.41) is 5.44. The van der Waals surface area contributed by atoms with Crippen molar-refractivity contribution in [1.82, 2.24) is 0 Å². The van der Waals surface area contributed by atoms with E-state index in [-0.39, 0.29) is 0 Å². The molecule has 0 aromatic carbocycles. The lowest BCUT2D eigenvalue weighted by Crippen LogP contribution is -1.72. The van der Waals surface area contributed by atoms with Gasteiger partial charge in [-0.3, -0.25) is 0 Å². The third-order valence-electron chi connectivity index (χ3n) is 0.768. The van der Waals surface area contributed by atoms with Gasteiger partial charge in [0.25, 0.3) is 0 Å². The molecular weight excluding hydrogens is 134 g/mol. The predicted molar refractivity (Wildman–Crippen MR) is 37.9 cm³/mol. The Balaban J connectivity index is 2.57. The van der Waals surface area contributed by atoms with E-state index < -0.39 is 0 Å². The molecule has 0 amide bonds. The van der Waals surface area contributed by atoms with E-state index in [4.69, 9.17) is 0 Å². The fraction of sp³-hybridized carbons (Fsp3) is 0.167. The van der Waals surface area contributed by atoms with Gasteiger partial charge in [0, 0.05) is 0 Å². The Morgan fingerprint density at radius 2 is 2.67 bits per heavy atom. The molecule has 0 bridgehead atoms. The molecule has 1 heterocycles. The summed E-state index contributed by atoms with van der Waals surface area (Å²) in [6.07, 6.45) is 2.70. The van der Waals surface area contributed by atoms with E-state index >= 15 is 0 Å². The van der Waals surface area contributed by atoms with Gasteiger partial charge in [-0.2, -0.15) is 0 Å². The normalized spacial score (nSPS) is 10.3. The van der Waals surface area contributed by atoms with Gasteiger partial charge in [-0.15, -0.1) is 11.3 Å². The minimum absolute atomic E-state index is 0.983. The highest BCUT2D eigenvalue weighted by Gasteiger charge is 1.85. The molecule has 0 aliphatic rings. The first-order valence-corrected chi connectivity index (χ1v) is 3.34. The minimum Gasteiger partial charge on any atom is -0.399 e. The zero-order chi connectivity index (χ0) is 6.53. The van der Waals surface area contributed by atoms with E-state index in [9.17, 15) is 0 Å². The maximum Gasteiger partial charge on any atom is 0.150 e. The Hall–Kier alpha value is -0.830. The summed E-state index contributed by atoms with van der Waals surface area (Å²) in [6.45, 7) is 0. The van der Waals surface area contributed by atoms with Gasteiger partial charge in [0.1, 0.15) is 13.3 Å². The van der Waals surface area contributed by atoms with Crippen LogP contribution in [0.15, 0.2) is 22.7 Å². The number of hydrogen-bond acceptors (Lipinski definition) is 3. The Kier molecular flexibility index (Phi) is 2.27. The summed E-state index contributed by atoms with van der Waals surface area (Å²) in [4.78, 5) is 5.42. The molecule has 0 aliphatic carbocycles. The highest BCUT2D eigenvalue weighted by molar-refractivity contribution is 7.11. The largest absolute Gasteiger partial charge is 0.399 e. The van der Waals surface area contributed by atoms with E-state index in [1.807, 2.05) is 17.5 Å². The molecule has 0 unspecified atom stereocenters. The van der Waals surface area contributed by atoms with E-state index in [2.05, 4.69) is 16.2 Å². The maximum absolute atomic E-state index is 4.44. The molecule has 1 aromatic heterocycles. The molecule has 1 aromatic rings. The average molecular weight is 140 g/mol. The first-order chi connectivity index (χ1) is 4.43. The zero-order valence-corrected chi connectivity index (χ0v) is 5.81. The standard InChI is InChI=1S/C6H6NOS/c1-8-7-5-6-3-2-4-9-6/h2-4H,1H3. The van der Waals surface area contributed by atoms with E-state index in [0.717, 1.165) is 4.88 Å². The van der Waals surface area contributed by atoms with Crippen molar-refractivity contribution in [3.8, 4) is 0 Å². The number of rotatable bonds is 2. The van der Waals surface area contributed by atoms with Gasteiger partial charge in [-0.1, -0.05) is 11.2 Å². The summed E-state index contributed by atoms with van der Waals surface area (Å²) in [5.74, 6) is 0. The highest BCUT2D eigenvalue weighted by Crippen LogP contribution is 2.04. The van der Waals surface area contributed by atoms with Gasteiger partial charge in [0.05, 0.1) is 4.88 Å². The SMILES string of the molecule is CO/N=[C]\c1cccs1. The first-order valence-electron chi connectivity index (χ1n) is 2.46. The Bertz CT molecular complexity index is 181. The van der Waals surface area contributed by atoms with Crippen LogP contribution in [0.2, 0.25) is 0 Å². The summed E-state index contributed by atoms with van der Waals surface area (Å²) >= 11 is 1.58. The molecule has 2 nitrogen and oxygen atoms in total. The molecule has 0 fully saturated rings. The van der Waals surface area contributed by atoms with Gasteiger partial charge >= 0.3 is 0 Å². The quantitative estimate of drug-likeness (QED) is 0.451. The fourth-order valence-electron chi connectivity index (χ4n) is 0.433. The van der Waals surface area contributed by atoms with Crippen molar-refractivity contribution in [2.45, 2.75) is 0 Å². The molecule has 0 atom stereocenters. The lowest BCUT2D eigenvalue weighted by molar-refractivity contribution is 0.215. The third-order valence-corrected chi connectivity index (χ3v) is 1.54. The molecule has 47 valence electrons. The van der Waals surface area contributed by atoms with E-state index in [1.54, 1.807) is 11.3 Å². The van der Waals surface area contributed by atoms with Gasteiger partial charge in [0.2, 0.25) is 0 Å². The second-order valence-corrected chi connectivity index (χ2v) is 2.31. The van der Waals surface area contributed by atoms with Crippen LogP contribution in [0, 0.1) is 0 Å². The maximum atomic E-state index is 4.44. The number of nitrogens with zero attached hydrogens (tertiary/aromatic N) is 1. The lowest BCUT2D eigenvalue weighted by atomic mass is 10.5. The number of thiophene rings is 1. The van der Waals surface area contributed by atoms with Crippen LogP contribution in [0.4, 0.5) is 0 Å². The smallest absolute Gasteiger partial charge is 0.150 e. The van der Waals surface area contributed by atoms with Gasteiger partial charge in [-0.25, -0.2) is 0 Å². The Morgan fingerprint density at radius 3 is 3.22 bits per heavy atom. The van der Waals surface area contributed by atoms with Crippen LogP contribution in [-0.4, -0.2) is 13.3 Å². The highest BCUT2D eigenvalue weighted by atomic mass is 32.1. The molecule has 1 radical (unpaired) electrons. The van der Waals surface area contributed by atoms with Crippen molar-refractivity contribution in [1.29, 1.82) is 0 Å². The van der Waals surface area contributed by atoms with Crippen LogP contribution in [0.3, 0.4) is 0 Å². The van der Waals surface area contributed by atoms with Gasteiger partial charge in [-0.05, 0) is 11.4 Å². The second-order valence-electron chi connectivity index (χ2n) is 1.36. The molecule has 0 N–H and O–H groups in total. The minimum atomic E-state index is 0.983. The molecule has 0 spiro atoms. The molecule has 1 rings (SSSR count). The molecule has 3 heteroatoms. The van der Waals surface area contributed by atoms with Crippen LogP contribution in [0.1, 0.15) is 4.88 Å². The van der Waals surface area contributed by atoms with Crippen molar-refractivity contribution >= 4 is 17.6 Å². The fourth-order valence-corrected chi connectivity index (χ4v) is 0.984. The number of hydrogen-bond donors (Lipinski definition) is 0. The van der Waals surface area contributed by atoms with Crippen molar-refractivity contribution in [3.63, 3.8) is 0 Å². The average Bonchev–Trinajstić information content (AvgIpc) is 2.34. The zero-order valence-electron chi connectivity index (χ0n) is 5.00. The predicted octanol–water partition coefficient (Wildman–Crippen LogP) is 1.61. The lowest BCUT2D eigenvalue weighted by Gasteiger charge is -1.80. The van der Waals surface area contributed by atoms with Gasteiger partial charge in [0.15, 0.2) is 0 Å². The van der Waals surface area contributed by atoms with Crippen LogP contribution >= 0.6 is 11.3 Å². The van der Waals surface area contributed by atoms with Crippen LogP contribution in [-0.2, 0) is 4.84 Å².